The standard InChI is InChI=1S/C17H16N6O2/c24-17(18-8-12-4-3-7-16-19-11-20-23(12)16)10-25-9-15-21-13-5-1-2-6-14(13)22-15/h1-7,11H,8-10H2,(H,18,24)(H,21,22). The Hall–Kier alpha value is -3.26. The fourth-order valence-electron chi connectivity index (χ4n) is 2.59. The van der Waals surface area contributed by atoms with E-state index in [0.29, 0.717) is 12.4 Å². The number of benzene rings is 1. The number of carbonyl (C=O) groups excluding carboxylic acids is 1. The lowest BCUT2D eigenvalue weighted by molar-refractivity contribution is -0.126. The molecule has 8 heteroatoms. The Bertz CT molecular complexity index is 989. The number of fused-ring (bicyclic) bond motifs is 2. The van der Waals surface area contributed by atoms with Gasteiger partial charge in [0.15, 0.2) is 5.65 Å². The molecule has 3 aromatic heterocycles. The van der Waals surface area contributed by atoms with Crippen LogP contribution in [-0.4, -0.2) is 37.1 Å². The van der Waals surface area contributed by atoms with Gasteiger partial charge in [0, 0.05) is 0 Å². The number of pyridine rings is 1. The van der Waals surface area contributed by atoms with Crippen LogP contribution in [0.25, 0.3) is 16.7 Å². The summed E-state index contributed by atoms with van der Waals surface area (Å²) in [7, 11) is 0. The molecule has 8 nitrogen and oxygen atoms in total. The van der Waals surface area contributed by atoms with Crippen molar-refractivity contribution in [2.45, 2.75) is 13.2 Å². The van der Waals surface area contributed by atoms with Crippen molar-refractivity contribution in [1.29, 1.82) is 0 Å². The van der Waals surface area contributed by atoms with Gasteiger partial charge in [-0.25, -0.2) is 14.5 Å². The third-order valence-electron chi connectivity index (χ3n) is 3.76. The lowest BCUT2D eigenvalue weighted by Gasteiger charge is -2.07. The number of H-pyrrole nitrogens is 1. The average molecular weight is 336 g/mol. The van der Waals surface area contributed by atoms with Crippen molar-refractivity contribution in [2.24, 2.45) is 0 Å². The highest BCUT2D eigenvalue weighted by molar-refractivity contribution is 5.77. The van der Waals surface area contributed by atoms with Crippen molar-refractivity contribution < 1.29 is 9.53 Å². The summed E-state index contributed by atoms with van der Waals surface area (Å²) in [5, 5.41) is 6.94. The van der Waals surface area contributed by atoms with Gasteiger partial charge in [-0.1, -0.05) is 18.2 Å². The number of hydrogen-bond acceptors (Lipinski definition) is 5. The quantitative estimate of drug-likeness (QED) is 0.555. The number of aromatic amines is 1. The summed E-state index contributed by atoms with van der Waals surface area (Å²) in [4.78, 5) is 23.6. The molecule has 0 aliphatic rings. The average Bonchev–Trinajstić information content (AvgIpc) is 3.26. The van der Waals surface area contributed by atoms with Crippen LogP contribution in [-0.2, 0) is 22.7 Å². The number of hydrogen-bond donors (Lipinski definition) is 2. The molecule has 0 radical (unpaired) electrons. The van der Waals surface area contributed by atoms with Crippen LogP contribution in [0.4, 0.5) is 0 Å². The second-order valence-corrected chi connectivity index (χ2v) is 5.52. The minimum absolute atomic E-state index is 0.0373. The molecule has 0 fully saturated rings. The largest absolute Gasteiger partial charge is 0.364 e. The second-order valence-electron chi connectivity index (χ2n) is 5.52. The SMILES string of the molecule is O=C(COCc1nc2ccccc2[nH]1)NCc1cccc2ncnn12. The second kappa shape index (κ2) is 6.70. The van der Waals surface area contributed by atoms with Crippen LogP contribution in [0.2, 0.25) is 0 Å². The molecule has 0 spiro atoms. The lowest BCUT2D eigenvalue weighted by Crippen LogP contribution is -2.28. The van der Waals surface area contributed by atoms with Crippen molar-refractivity contribution in [3.05, 3.63) is 60.3 Å². The number of ether oxygens (including phenoxy) is 1. The maximum absolute atomic E-state index is 11.9. The fourth-order valence-corrected chi connectivity index (χ4v) is 2.59. The smallest absolute Gasteiger partial charge is 0.246 e. The zero-order valence-corrected chi connectivity index (χ0v) is 13.3. The van der Waals surface area contributed by atoms with Crippen LogP contribution in [0.5, 0.6) is 0 Å². The predicted octanol–water partition coefficient (Wildman–Crippen LogP) is 1.44. The Labute approximate surface area is 142 Å². The minimum atomic E-state index is -0.201. The highest BCUT2D eigenvalue weighted by Gasteiger charge is 2.07. The molecule has 25 heavy (non-hydrogen) atoms. The summed E-state index contributed by atoms with van der Waals surface area (Å²) in [6.45, 7) is 0.568. The third kappa shape index (κ3) is 3.33. The van der Waals surface area contributed by atoms with Gasteiger partial charge in [0.2, 0.25) is 5.91 Å². The van der Waals surface area contributed by atoms with Gasteiger partial charge in [-0.15, -0.1) is 0 Å². The number of nitrogens with one attached hydrogen (secondary N) is 2. The van der Waals surface area contributed by atoms with E-state index in [1.807, 2.05) is 42.5 Å². The summed E-state index contributed by atoms with van der Waals surface area (Å²) < 4.78 is 7.12. The first-order chi connectivity index (χ1) is 12.3. The first-order valence-corrected chi connectivity index (χ1v) is 7.85. The molecule has 4 aromatic rings. The van der Waals surface area contributed by atoms with Gasteiger partial charge in [-0.3, -0.25) is 4.79 Å². The summed E-state index contributed by atoms with van der Waals surface area (Å²) in [5.74, 6) is 0.495. The van der Waals surface area contributed by atoms with E-state index in [1.54, 1.807) is 4.52 Å². The molecule has 1 aromatic carbocycles. The third-order valence-corrected chi connectivity index (χ3v) is 3.76. The van der Waals surface area contributed by atoms with E-state index in [-0.39, 0.29) is 19.1 Å². The Morgan fingerprint density at radius 1 is 1.20 bits per heavy atom. The van der Waals surface area contributed by atoms with Gasteiger partial charge in [0.25, 0.3) is 0 Å². The number of carbonyl (C=O) groups is 1. The van der Waals surface area contributed by atoms with Gasteiger partial charge >= 0.3 is 0 Å². The van der Waals surface area contributed by atoms with E-state index in [9.17, 15) is 4.79 Å². The molecular formula is C17H16N6O2. The van der Waals surface area contributed by atoms with Crippen LogP contribution in [0.1, 0.15) is 11.5 Å². The normalized spacial score (nSPS) is 11.2. The van der Waals surface area contributed by atoms with Crippen molar-refractivity contribution >= 4 is 22.6 Å². The molecule has 0 unspecified atom stereocenters. The highest BCUT2D eigenvalue weighted by Crippen LogP contribution is 2.10. The maximum atomic E-state index is 11.9. The molecule has 0 aliphatic heterocycles. The summed E-state index contributed by atoms with van der Waals surface area (Å²) in [6.07, 6.45) is 1.48. The molecule has 2 N–H and O–H groups in total. The lowest BCUT2D eigenvalue weighted by atomic mass is 10.3. The van der Waals surface area contributed by atoms with E-state index in [2.05, 4.69) is 25.4 Å². The van der Waals surface area contributed by atoms with Crippen molar-refractivity contribution in [2.75, 3.05) is 6.61 Å². The Balaban J connectivity index is 1.28. The number of rotatable bonds is 6. The highest BCUT2D eigenvalue weighted by atomic mass is 16.5. The van der Waals surface area contributed by atoms with Crippen LogP contribution in [0.15, 0.2) is 48.8 Å². The van der Waals surface area contributed by atoms with Crippen LogP contribution >= 0.6 is 0 Å². The monoisotopic (exact) mass is 336 g/mol. The Morgan fingerprint density at radius 2 is 2.12 bits per heavy atom. The zero-order chi connectivity index (χ0) is 17.1. The molecule has 1 amide bonds. The fraction of sp³-hybridized carbons (Fsp3) is 0.176. The number of nitrogens with zero attached hydrogens (tertiary/aromatic N) is 4. The van der Waals surface area contributed by atoms with Gasteiger partial charge in [0.1, 0.15) is 25.4 Å². The first kappa shape index (κ1) is 15.3. The summed E-state index contributed by atoms with van der Waals surface area (Å²) >= 11 is 0. The van der Waals surface area contributed by atoms with Crippen molar-refractivity contribution in [3.63, 3.8) is 0 Å². The van der Waals surface area contributed by atoms with Gasteiger partial charge in [-0.2, -0.15) is 5.10 Å². The summed E-state index contributed by atoms with van der Waals surface area (Å²) in [6, 6.07) is 13.4. The van der Waals surface area contributed by atoms with Gasteiger partial charge < -0.3 is 15.0 Å². The molecule has 3 heterocycles. The van der Waals surface area contributed by atoms with E-state index >= 15 is 0 Å². The number of aromatic nitrogens is 5. The van der Waals surface area contributed by atoms with Gasteiger partial charge in [-0.05, 0) is 24.3 Å². The Kier molecular flexibility index (Phi) is 4.09. The number of imidazole rings is 1. The topological polar surface area (TPSA) is 97.2 Å². The molecule has 0 atom stereocenters. The van der Waals surface area contributed by atoms with E-state index in [4.69, 9.17) is 4.74 Å². The van der Waals surface area contributed by atoms with Crippen LogP contribution in [0.3, 0.4) is 0 Å². The molecule has 4 rings (SSSR count). The Morgan fingerprint density at radius 3 is 3.04 bits per heavy atom. The van der Waals surface area contributed by atoms with Gasteiger partial charge in [0.05, 0.1) is 23.3 Å². The van der Waals surface area contributed by atoms with E-state index in [0.717, 1.165) is 22.4 Å². The van der Waals surface area contributed by atoms with Crippen LogP contribution in [0, 0.1) is 0 Å². The molecule has 126 valence electrons. The first-order valence-electron chi connectivity index (χ1n) is 7.85. The molecule has 0 saturated heterocycles. The van der Waals surface area contributed by atoms with E-state index in [1.165, 1.54) is 6.33 Å². The summed E-state index contributed by atoms with van der Waals surface area (Å²) in [5.41, 5.74) is 3.42. The minimum Gasteiger partial charge on any atom is -0.364 e. The molecule has 0 saturated carbocycles. The molecular weight excluding hydrogens is 320 g/mol. The van der Waals surface area contributed by atoms with Crippen LogP contribution < -0.4 is 5.32 Å². The number of para-hydroxylation sites is 2. The predicted molar refractivity (Wildman–Crippen MR) is 90.6 cm³/mol. The molecule has 0 bridgehead atoms. The molecule has 0 aliphatic carbocycles. The number of amides is 1. The van der Waals surface area contributed by atoms with E-state index < -0.39 is 0 Å². The van der Waals surface area contributed by atoms with Crippen molar-refractivity contribution in [1.82, 2.24) is 29.9 Å². The zero-order valence-electron chi connectivity index (χ0n) is 13.3. The maximum Gasteiger partial charge on any atom is 0.246 e. The van der Waals surface area contributed by atoms with Crippen molar-refractivity contribution in [3.8, 4) is 0 Å².